The standard InChI is InChI=1S/C15H27N3O3/c1-15(2,3)12(16)14(20)18-6-4-5-11(18)13(19)17-7-9-21-10-8-17/h11-12H,4-10,16H2,1-3H3/t11?,12-/m1/s1. The molecular weight excluding hydrogens is 270 g/mol. The van der Waals surface area contributed by atoms with Gasteiger partial charge in [-0.15, -0.1) is 0 Å². The molecule has 2 fully saturated rings. The van der Waals surface area contributed by atoms with Gasteiger partial charge >= 0.3 is 0 Å². The average Bonchev–Trinajstić information content (AvgIpc) is 2.94. The molecule has 0 aromatic heterocycles. The first-order valence-electron chi connectivity index (χ1n) is 7.75. The zero-order valence-corrected chi connectivity index (χ0v) is 13.3. The molecule has 0 aliphatic carbocycles. The third-order valence-electron chi connectivity index (χ3n) is 4.34. The van der Waals surface area contributed by atoms with Crippen LogP contribution in [-0.4, -0.2) is 66.5 Å². The molecule has 0 radical (unpaired) electrons. The average molecular weight is 297 g/mol. The summed E-state index contributed by atoms with van der Waals surface area (Å²) in [5.41, 5.74) is 5.78. The van der Waals surface area contributed by atoms with Gasteiger partial charge in [0.05, 0.1) is 19.3 Å². The van der Waals surface area contributed by atoms with E-state index in [1.165, 1.54) is 0 Å². The van der Waals surface area contributed by atoms with Crippen molar-refractivity contribution in [2.24, 2.45) is 11.1 Å². The van der Waals surface area contributed by atoms with Crippen LogP contribution >= 0.6 is 0 Å². The largest absolute Gasteiger partial charge is 0.378 e. The predicted molar refractivity (Wildman–Crippen MR) is 79.6 cm³/mol. The van der Waals surface area contributed by atoms with Crippen molar-refractivity contribution in [3.05, 3.63) is 0 Å². The van der Waals surface area contributed by atoms with E-state index in [4.69, 9.17) is 10.5 Å². The van der Waals surface area contributed by atoms with Crippen molar-refractivity contribution in [1.29, 1.82) is 0 Å². The number of nitrogens with zero attached hydrogens (tertiary/aromatic N) is 2. The molecule has 6 heteroatoms. The van der Waals surface area contributed by atoms with Gasteiger partial charge in [-0.25, -0.2) is 0 Å². The van der Waals surface area contributed by atoms with Crippen LogP contribution in [0.25, 0.3) is 0 Å². The highest BCUT2D eigenvalue weighted by molar-refractivity contribution is 5.90. The molecule has 6 nitrogen and oxygen atoms in total. The smallest absolute Gasteiger partial charge is 0.245 e. The van der Waals surface area contributed by atoms with E-state index in [1.54, 1.807) is 4.90 Å². The Balaban J connectivity index is 2.05. The van der Waals surface area contributed by atoms with E-state index < -0.39 is 6.04 Å². The fraction of sp³-hybridized carbons (Fsp3) is 0.867. The summed E-state index contributed by atoms with van der Waals surface area (Å²) < 4.78 is 5.28. The minimum Gasteiger partial charge on any atom is -0.378 e. The SMILES string of the molecule is CC(C)(C)[C@H](N)C(=O)N1CCCC1C(=O)N1CCOCC1. The normalized spacial score (nSPS) is 25.0. The summed E-state index contributed by atoms with van der Waals surface area (Å²) >= 11 is 0. The van der Waals surface area contributed by atoms with Gasteiger partial charge in [-0.3, -0.25) is 9.59 Å². The summed E-state index contributed by atoms with van der Waals surface area (Å²) in [5.74, 6) is -0.0585. The molecule has 0 aromatic rings. The van der Waals surface area contributed by atoms with Gasteiger partial charge in [-0.05, 0) is 18.3 Å². The van der Waals surface area contributed by atoms with Gasteiger partial charge < -0.3 is 20.3 Å². The molecule has 0 bridgehead atoms. The number of carbonyl (C=O) groups is 2. The van der Waals surface area contributed by atoms with Crippen LogP contribution in [0.1, 0.15) is 33.6 Å². The van der Waals surface area contributed by atoms with Crippen molar-refractivity contribution >= 4 is 11.8 Å². The quantitative estimate of drug-likeness (QED) is 0.790. The minimum atomic E-state index is -0.574. The summed E-state index contributed by atoms with van der Waals surface area (Å²) in [4.78, 5) is 28.7. The van der Waals surface area contributed by atoms with Crippen LogP contribution in [-0.2, 0) is 14.3 Å². The fourth-order valence-electron chi connectivity index (χ4n) is 2.83. The van der Waals surface area contributed by atoms with E-state index in [0.29, 0.717) is 32.8 Å². The lowest BCUT2D eigenvalue weighted by atomic mass is 9.86. The first-order chi connectivity index (χ1) is 9.82. The van der Waals surface area contributed by atoms with E-state index in [-0.39, 0.29) is 23.3 Å². The van der Waals surface area contributed by atoms with Crippen LogP contribution in [0.5, 0.6) is 0 Å². The van der Waals surface area contributed by atoms with Gasteiger partial charge in [0.2, 0.25) is 11.8 Å². The van der Waals surface area contributed by atoms with Crippen molar-refractivity contribution in [2.75, 3.05) is 32.8 Å². The molecule has 0 spiro atoms. The van der Waals surface area contributed by atoms with Gasteiger partial charge in [0.1, 0.15) is 6.04 Å². The van der Waals surface area contributed by atoms with Crippen LogP contribution in [0.3, 0.4) is 0 Å². The number of likely N-dealkylation sites (tertiary alicyclic amines) is 1. The Morgan fingerprint density at radius 1 is 1.19 bits per heavy atom. The molecule has 2 saturated heterocycles. The molecule has 120 valence electrons. The van der Waals surface area contributed by atoms with Gasteiger partial charge in [0.25, 0.3) is 0 Å². The predicted octanol–water partition coefficient (Wildman–Crippen LogP) is 0.210. The summed E-state index contributed by atoms with van der Waals surface area (Å²) in [5, 5.41) is 0. The molecule has 0 aromatic carbocycles. The van der Waals surface area contributed by atoms with Crippen molar-refractivity contribution < 1.29 is 14.3 Å². The number of hydrogen-bond donors (Lipinski definition) is 1. The number of hydrogen-bond acceptors (Lipinski definition) is 4. The van der Waals surface area contributed by atoms with Crippen LogP contribution in [0, 0.1) is 5.41 Å². The highest BCUT2D eigenvalue weighted by Gasteiger charge is 2.40. The van der Waals surface area contributed by atoms with Crippen LogP contribution in [0.15, 0.2) is 0 Å². The molecule has 2 aliphatic rings. The Bertz CT molecular complexity index is 399. The Kier molecular flexibility index (Phi) is 4.88. The number of carbonyl (C=O) groups excluding carboxylic acids is 2. The molecular formula is C15H27N3O3. The molecule has 2 atom stereocenters. The van der Waals surface area contributed by atoms with Gasteiger partial charge in [-0.1, -0.05) is 20.8 Å². The highest BCUT2D eigenvalue weighted by atomic mass is 16.5. The Morgan fingerprint density at radius 3 is 2.38 bits per heavy atom. The summed E-state index contributed by atoms with van der Waals surface area (Å²) in [6.07, 6.45) is 1.60. The van der Waals surface area contributed by atoms with E-state index in [2.05, 4.69) is 0 Å². The maximum Gasteiger partial charge on any atom is 0.245 e. The maximum atomic E-state index is 12.6. The van der Waals surface area contributed by atoms with Gasteiger partial charge in [-0.2, -0.15) is 0 Å². The molecule has 2 amide bonds. The molecule has 0 saturated carbocycles. The fourth-order valence-corrected chi connectivity index (χ4v) is 2.83. The molecule has 21 heavy (non-hydrogen) atoms. The van der Waals surface area contributed by atoms with E-state index in [9.17, 15) is 9.59 Å². The summed E-state index contributed by atoms with van der Waals surface area (Å²) in [6.45, 7) is 8.86. The van der Waals surface area contributed by atoms with Crippen molar-refractivity contribution in [2.45, 2.75) is 45.7 Å². The zero-order chi connectivity index (χ0) is 15.6. The van der Waals surface area contributed by atoms with E-state index in [0.717, 1.165) is 12.8 Å². The van der Waals surface area contributed by atoms with Crippen molar-refractivity contribution in [3.63, 3.8) is 0 Å². The van der Waals surface area contributed by atoms with Crippen molar-refractivity contribution in [1.82, 2.24) is 9.80 Å². The molecule has 2 N–H and O–H groups in total. The van der Waals surface area contributed by atoms with Crippen LogP contribution < -0.4 is 5.73 Å². The highest BCUT2D eigenvalue weighted by Crippen LogP contribution is 2.25. The zero-order valence-electron chi connectivity index (χ0n) is 13.3. The third kappa shape index (κ3) is 3.55. The molecule has 1 unspecified atom stereocenters. The van der Waals surface area contributed by atoms with Crippen LogP contribution in [0.2, 0.25) is 0 Å². The number of ether oxygens (including phenoxy) is 1. The lowest BCUT2D eigenvalue weighted by Gasteiger charge is -2.35. The van der Waals surface area contributed by atoms with Gasteiger partial charge in [0.15, 0.2) is 0 Å². The number of nitrogens with two attached hydrogens (primary N) is 1. The second kappa shape index (κ2) is 6.32. The lowest BCUT2D eigenvalue weighted by molar-refractivity contribution is -0.148. The van der Waals surface area contributed by atoms with Crippen molar-refractivity contribution in [3.8, 4) is 0 Å². The summed E-state index contributed by atoms with van der Waals surface area (Å²) in [6, 6.07) is -0.917. The number of amides is 2. The molecule has 2 aliphatic heterocycles. The first kappa shape index (κ1) is 16.2. The minimum absolute atomic E-state index is 0.0465. The molecule has 2 heterocycles. The Labute approximate surface area is 126 Å². The van der Waals surface area contributed by atoms with Crippen LogP contribution in [0.4, 0.5) is 0 Å². The maximum absolute atomic E-state index is 12.6. The second-order valence-electron chi connectivity index (χ2n) is 6.97. The Morgan fingerprint density at radius 2 is 1.81 bits per heavy atom. The topological polar surface area (TPSA) is 75.9 Å². The summed E-state index contributed by atoms with van der Waals surface area (Å²) in [7, 11) is 0. The van der Waals surface area contributed by atoms with E-state index in [1.807, 2.05) is 25.7 Å². The second-order valence-corrected chi connectivity index (χ2v) is 6.97. The monoisotopic (exact) mass is 297 g/mol. The lowest BCUT2D eigenvalue weighted by Crippen LogP contribution is -2.56. The first-order valence-corrected chi connectivity index (χ1v) is 7.75. The van der Waals surface area contributed by atoms with E-state index >= 15 is 0 Å². The third-order valence-corrected chi connectivity index (χ3v) is 4.34. The molecule has 2 rings (SSSR count). The number of rotatable bonds is 2. The number of morpholine rings is 1. The van der Waals surface area contributed by atoms with Gasteiger partial charge in [0, 0.05) is 19.6 Å². The Hall–Kier alpha value is -1.14.